The average Bonchev–Trinajstić information content (AvgIpc) is 3.30. The second-order valence-corrected chi connectivity index (χ2v) is 6.98. The summed E-state index contributed by atoms with van der Waals surface area (Å²) in [5, 5.41) is 17.9. The van der Waals surface area contributed by atoms with Gasteiger partial charge in [0.25, 0.3) is 17.5 Å². The van der Waals surface area contributed by atoms with Crippen molar-refractivity contribution in [1.82, 2.24) is 10.1 Å². The summed E-state index contributed by atoms with van der Waals surface area (Å²) in [5.41, 5.74) is 1.64. The standard InChI is InChI=1S/C22H15ClN4O5/c23-18-6-1-2-7-19(18)24-20(28)13-31-17-5-3-4-15(12-17)21-25-22(32-26-21)14-8-10-16(11-9-14)27(29)30/h1-12H,13H2,(H,24,28). The van der Waals surface area contributed by atoms with Crippen LogP contribution in [-0.2, 0) is 4.79 Å². The summed E-state index contributed by atoms with van der Waals surface area (Å²) >= 11 is 6.03. The van der Waals surface area contributed by atoms with Gasteiger partial charge in [-0.25, -0.2) is 0 Å². The van der Waals surface area contributed by atoms with Crippen LogP contribution in [0.5, 0.6) is 5.75 Å². The number of benzene rings is 3. The minimum atomic E-state index is -0.483. The van der Waals surface area contributed by atoms with Crippen LogP contribution < -0.4 is 10.1 Å². The molecule has 10 heteroatoms. The highest BCUT2D eigenvalue weighted by Crippen LogP contribution is 2.26. The molecule has 4 rings (SSSR count). The highest BCUT2D eigenvalue weighted by Gasteiger charge is 2.13. The predicted molar refractivity (Wildman–Crippen MR) is 117 cm³/mol. The van der Waals surface area contributed by atoms with Gasteiger partial charge in [0.2, 0.25) is 5.82 Å². The molecule has 32 heavy (non-hydrogen) atoms. The number of carbonyl (C=O) groups is 1. The van der Waals surface area contributed by atoms with E-state index in [-0.39, 0.29) is 24.1 Å². The number of carbonyl (C=O) groups excluding carboxylic acids is 1. The second kappa shape index (κ2) is 9.27. The maximum atomic E-state index is 12.1. The van der Waals surface area contributed by atoms with Gasteiger partial charge in [0.1, 0.15) is 5.75 Å². The fourth-order valence-corrected chi connectivity index (χ4v) is 2.99. The summed E-state index contributed by atoms with van der Waals surface area (Å²) in [7, 11) is 0. The number of nitrogens with one attached hydrogen (secondary N) is 1. The molecular weight excluding hydrogens is 436 g/mol. The molecule has 0 saturated carbocycles. The molecule has 160 valence electrons. The summed E-state index contributed by atoms with van der Waals surface area (Å²) in [5.74, 6) is 0.617. The number of nitrogens with zero attached hydrogens (tertiary/aromatic N) is 3. The molecule has 9 nitrogen and oxygen atoms in total. The van der Waals surface area contributed by atoms with E-state index in [0.29, 0.717) is 33.4 Å². The highest BCUT2D eigenvalue weighted by molar-refractivity contribution is 6.33. The number of nitro benzene ring substituents is 1. The van der Waals surface area contributed by atoms with Crippen LogP contribution in [-0.4, -0.2) is 27.6 Å². The number of non-ortho nitro benzene ring substituents is 1. The molecule has 0 unspecified atom stereocenters. The lowest BCUT2D eigenvalue weighted by Gasteiger charge is -2.09. The van der Waals surface area contributed by atoms with Gasteiger partial charge in [-0.1, -0.05) is 41.0 Å². The van der Waals surface area contributed by atoms with Crippen molar-refractivity contribution in [2.75, 3.05) is 11.9 Å². The number of amides is 1. The van der Waals surface area contributed by atoms with Crippen LogP contribution in [0.25, 0.3) is 22.8 Å². The quantitative estimate of drug-likeness (QED) is 0.311. The molecule has 0 aliphatic heterocycles. The number of halogens is 1. The molecular formula is C22H15ClN4O5. The maximum absolute atomic E-state index is 12.1. The molecule has 4 aromatic rings. The number of aromatic nitrogens is 2. The molecule has 1 N–H and O–H groups in total. The van der Waals surface area contributed by atoms with Gasteiger partial charge < -0.3 is 14.6 Å². The summed E-state index contributed by atoms with van der Waals surface area (Å²) in [6.07, 6.45) is 0. The predicted octanol–water partition coefficient (Wildman–Crippen LogP) is 4.98. The van der Waals surface area contributed by atoms with E-state index in [1.807, 2.05) is 0 Å². The number of nitro groups is 1. The zero-order chi connectivity index (χ0) is 22.5. The average molecular weight is 451 g/mol. The van der Waals surface area contributed by atoms with E-state index in [2.05, 4.69) is 15.5 Å². The first-order valence-electron chi connectivity index (χ1n) is 9.36. The van der Waals surface area contributed by atoms with Crippen molar-refractivity contribution < 1.29 is 19.0 Å². The number of hydrogen-bond acceptors (Lipinski definition) is 7. The smallest absolute Gasteiger partial charge is 0.269 e. The topological polar surface area (TPSA) is 120 Å². The Bertz CT molecular complexity index is 1270. The normalized spacial score (nSPS) is 10.5. The fourth-order valence-electron chi connectivity index (χ4n) is 2.81. The Labute approximate surface area is 186 Å². The van der Waals surface area contributed by atoms with Gasteiger partial charge in [0, 0.05) is 23.3 Å². The van der Waals surface area contributed by atoms with E-state index < -0.39 is 4.92 Å². The van der Waals surface area contributed by atoms with Crippen LogP contribution in [0.4, 0.5) is 11.4 Å². The van der Waals surface area contributed by atoms with Crippen molar-refractivity contribution in [2.45, 2.75) is 0 Å². The minimum absolute atomic E-state index is 0.0306. The lowest BCUT2D eigenvalue weighted by molar-refractivity contribution is -0.384. The molecule has 0 radical (unpaired) electrons. The second-order valence-electron chi connectivity index (χ2n) is 6.57. The Morgan fingerprint density at radius 3 is 2.59 bits per heavy atom. The van der Waals surface area contributed by atoms with Crippen molar-refractivity contribution in [3.8, 4) is 28.6 Å². The highest BCUT2D eigenvalue weighted by atomic mass is 35.5. The van der Waals surface area contributed by atoms with E-state index in [4.69, 9.17) is 20.9 Å². The summed E-state index contributed by atoms with van der Waals surface area (Å²) in [4.78, 5) is 26.8. The molecule has 0 atom stereocenters. The Morgan fingerprint density at radius 2 is 1.84 bits per heavy atom. The molecule has 0 fully saturated rings. The molecule has 0 aliphatic carbocycles. The van der Waals surface area contributed by atoms with Crippen molar-refractivity contribution in [2.24, 2.45) is 0 Å². The van der Waals surface area contributed by atoms with Gasteiger partial charge in [0.05, 0.1) is 15.6 Å². The third kappa shape index (κ3) is 4.90. The van der Waals surface area contributed by atoms with Gasteiger partial charge in [-0.3, -0.25) is 14.9 Å². The van der Waals surface area contributed by atoms with Crippen LogP contribution in [0.15, 0.2) is 77.3 Å². The summed E-state index contributed by atoms with van der Waals surface area (Å²) in [6.45, 7) is -0.213. The van der Waals surface area contributed by atoms with E-state index in [1.54, 1.807) is 48.5 Å². The third-order valence-electron chi connectivity index (χ3n) is 4.36. The van der Waals surface area contributed by atoms with Crippen molar-refractivity contribution in [3.05, 3.63) is 87.9 Å². The van der Waals surface area contributed by atoms with Crippen LogP contribution in [0.3, 0.4) is 0 Å². The first-order chi connectivity index (χ1) is 15.5. The monoisotopic (exact) mass is 450 g/mol. The maximum Gasteiger partial charge on any atom is 0.269 e. The Kier molecular flexibility index (Phi) is 6.09. The Morgan fingerprint density at radius 1 is 1.06 bits per heavy atom. The number of para-hydroxylation sites is 1. The molecule has 0 bridgehead atoms. The summed E-state index contributed by atoms with van der Waals surface area (Å²) in [6, 6.07) is 19.6. The molecule has 1 aromatic heterocycles. The number of hydrogen-bond donors (Lipinski definition) is 1. The van der Waals surface area contributed by atoms with Crippen LogP contribution in [0, 0.1) is 10.1 Å². The van der Waals surface area contributed by atoms with Crippen LogP contribution in [0.1, 0.15) is 0 Å². The first kappa shape index (κ1) is 21.0. The SMILES string of the molecule is O=C(COc1cccc(-c2noc(-c3ccc([N+](=O)[O-])cc3)n2)c1)Nc1ccccc1Cl. The third-order valence-corrected chi connectivity index (χ3v) is 4.69. The zero-order valence-electron chi connectivity index (χ0n) is 16.4. The van der Waals surface area contributed by atoms with E-state index in [9.17, 15) is 14.9 Å². The van der Waals surface area contributed by atoms with Crippen molar-refractivity contribution in [3.63, 3.8) is 0 Å². The lowest BCUT2D eigenvalue weighted by atomic mass is 10.2. The zero-order valence-corrected chi connectivity index (χ0v) is 17.2. The number of anilines is 1. The molecule has 1 heterocycles. The van der Waals surface area contributed by atoms with E-state index in [1.165, 1.54) is 24.3 Å². The van der Waals surface area contributed by atoms with Gasteiger partial charge >= 0.3 is 0 Å². The molecule has 0 saturated heterocycles. The van der Waals surface area contributed by atoms with Crippen molar-refractivity contribution >= 4 is 28.9 Å². The minimum Gasteiger partial charge on any atom is -0.484 e. The van der Waals surface area contributed by atoms with Gasteiger partial charge in [-0.05, 0) is 36.4 Å². The molecule has 3 aromatic carbocycles. The fraction of sp³-hybridized carbons (Fsp3) is 0.0455. The van der Waals surface area contributed by atoms with E-state index >= 15 is 0 Å². The van der Waals surface area contributed by atoms with Crippen LogP contribution >= 0.6 is 11.6 Å². The van der Waals surface area contributed by atoms with Gasteiger partial charge in [-0.15, -0.1) is 0 Å². The number of rotatable bonds is 7. The van der Waals surface area contributed by atoms with Crippen molar-refractivity contribution in [1.29, 1.82) is 0 Å². The number of ether oxygens (including phenoxy) is 1. The molecule has 0 aliphatic rings. The first-order valence-corrected chi connectivity index (χ1v) is 9.73. The van der Waals surface area contributed by atoms with Gasteiger partial charge in [0.15, 0.2) is 6.61 Å². The van der Waals surface area contributed by atoms with Gasteiger partial charge in [-0.2, -0.15) is 4.98 Å². The molecule has 1 amide bonds. The molecule has 0 spiro atoms. The summed E-state index contributed by atoms with van der Waals surface area (Å²) < 4.78 is 10.8. The van der Waals surface area contributed by atoms with E-state index in [0.717, 1.165) is 0 Å². The Hall–Kier alpha value is -4.24. The largest absolute Gasteiger partial charge is 0.484 e. The Balaban J connectivity index is 1.42. The van der Waals surface area contributed by atoms with Crippen LogP contribution in [0.2, 0.25) is 5.02 Å². The lowest BCUT2D eigenvalue weighted by Crippen LogP contribution is -2.20.